The summed E-state index contributed by atoms with van der Waals surface area (Å²) < 4.78 is 1.72. The highest BCUT2D eigenvalue weighted by Crippen LogP contribution is 2.17. The first-order valence-corrected chi connectivity index (χ1v) is 11.4. The number of tetrazole rings is 1. The molecular formula is C20H27N7O2S. The highest BCUT2D eigenvalue weighted by molar-refractivity contribution is 7.99. The van der Waals surface area contributed by atoms with Gasteiger partial charge in [-0.25, -0.2) is 4.68 Å². The maximum atomic E-state index is 12.6. The van der Waals surface area contributed by atoms with Crippen molar-refractivity contribution in [2.24, 2.45) is 0 Å². The molecule has 30 heavy (non-hydrogen) atoms. The lowest BCUT2D eigenvalue weighted by Gasteiger charge is -2.35. The Morgan fingerprint density at radius 2 is 1.60 bits per heavy atom. The summed E-state index contributed by atoms with van der Waals surface area (Å²) >= 11 is 1.36. The second kappa shape index (κ2) is 10.0. The summed E-state index contributed by atoms with van der Waals surface area (Å²) in [5.41, 5.74) is 1.11. The van der Waals surface area contributed by atoms with Crippen LogP contribution < -0.4 is 0 Å². The fraction of sp³-hybridized carbons (Fsp3) is 0.550. The van der Waals surface area contributed by atoms with Crippen LogP contribution in [0, 0.1) is 0 Å². The lowest BCUT2D eigenvalue weighted by molar-refractivity contribution is -0.133. The van der Waals surface area contributed by atoms with Gasteiger partial charge >= 0.3 is 0 Å². The Bertz CT molecular complexity index is 846. The minimum atomic E-state index is 0.0831. The summed E-state index contributed by atoms with van der Waals surface area (Å²) in [6, 6.07) is 9.98. The van der Waals surface area contributed by atoms with Crippen molar-refractivity contribution in [2.75, 3.05) is 51.6 Å². The third kappa shape index (κ3) is 5.37. The second-order valence-corrected chi connectivity index (χ2v) is 8.58. The van der Waals surface area contributed by atoms with Crippen LogP contribution in [-0.4, -0.2) is 98.3 Å². The van der Waals surface area contributed by atoms with Crippen LogP contribution in [-0.2, 0) is 16.1 Å². The quantitative estimate of drug-likeness (QED) is 0.595. The third-order valence-corrected chi connectivity index (χ3v) is 6.48. The summed E-state index contributed by atoms with van der Waals surface area (Å²) in [4.78, 5) is 30.9. The van der Waals surface area contributed by atoms with E-state index < -0.39 is 0 Å². The first kappa shape index (κ1) is 20.8. The summed E-state index contributed by atoms with van der Waals surface area (Å²) in [7, 11) is 0. The normalized spacial score (nSPS) is 17.5. The van der Waals surface area contributed by atoms with Gasteiger partial charge in [0.25, 0.3) is 0 Å². The van der Waals surface area contributed by atoms with E-state index in [1.807, 2.05) is 40.1 Å². The molecule has 2 aliphatic rings. The van der Waals surface area contributed by atoms with E-state index in [2.05, 4.69) is 20.4 Å². The molecule has 0 spiro atoms. The molecule has 2 amide bonds. The molecule has 0 saturated carbocycles. The molecule has 2 fully saturated rings. The number of amides is 2. The maximum Gasteiger partial charge on any atom is 0.236 e. The molecule has 2 aliphatic heterocycles. The zero-order chi connectivity index (χ0) is 20.8. The first-order chi connectivity index (χ1) is 14.7. The van der Waals surface area contributed by atoms with E-state index in [0.29, 0.717) is 37.1 Å². The number of piperazine rings is 1. The van der Waals surface area contributed by atoms with Gasteiger partial charge in [0.15, 0.2) is 0 Å². The molecule has 3 heterocycles. The zero-order valence-corrected chi connectivity index (χ0v) is 17.8. The molecule has 0 unspecified atom stereocenters. The van der Waals surface area contributed by atoms with Gasteiger partial charge in [-0.05, 0) is 28.8 Å². The van der Waals surface area contributed by atoms with Gasteiger partial charge in [0.1, 0.15) is 0 Å². The van der Waals surface area contributed by atoms with Crippen molar-refractivity contribution in [3.05, 3.63) is 35.9 Å². The molecule has 10 heteroatoms. The van der Waals surface area contributed by atoms with Crippen LogP contribution in [0.3, 0.4) is 0 Å². The average Bonchev–Trinajstić information content (AvgIpc) is 3.46. The highest BCUT2D eigenvalue weighted by Gasteiger charge is 2.25. The van der Waals surface area contributed by atoms with Crippen LogP contribution in [0.15, 0.2) is 35.5 Å². The smallest absolute Gasteiger partial charge is 0.236 e. The molecule has 0 N–H and O–H groups in total. The Morgan fingerprint density at radius 1 is 0.900 bits per heavy atom. The van der Waals surface area contributed by atoms with Crippen LogP contribution in [0.4, 0.5) is 0 Å². The van der Waals surface area contributed by atoms with Gasteiger partial charge in [0.05, 0.1) is 18.8 Å². The van der Waals surface area contributed by atoms with Crippen LogP contribution in [0.25, 0.3) is 0 Å². The number of hydrogen-bond acceptors (Lipinski definition) is 7. The Morgan fingerprint density at radius 3 is 2.33 bits per heavy atom. The van der Waals surface area contributed by atoms with Crippen molar-refractivity contribution in [2.45, 2.75) is 24.5 Å². The highest BCUT2D eigenvalue weighted by atomic mass is 32.2. The molecule has 4 rings (SSSR count). The fourth-order valence-electron chi connectivity index (χ4n) is 3.79. The van der Waals surface area contributed by atoms with E-state index in [1.54, 1.807) is 4.68 Å². The Hall–Kier alpha value is -2.46. The molecular weight excluding hydrogens is 402 g/mol. The number of likely N-dealkylation sites (tertiary alicyclic amines) is 1. The van der Waals surface area contributed by atoms with E-state index in [4.69, 9.17) is 0 Å². The van der Waals surface area contributed by atoms with E-state index in [9.17, 15) is 9.59 Å². The van der Waals surface area contributed by atoms with Gasteiger partial charge < -0.3 is 9.80 Å². The minimum absolute atomic E-state index is 0.0831. The van der Waals surface area contributed by atoms with Gasteiger partial charge in [-0.2, -0.15) is 0 Å². The van der Waals surface area contributed by atoms with E-state index in [0.717, 1.165) is 44.6 Å². The molecule has 0 aliphatic carbocycles. The Kier molecular flexibility index (Phi) is 6.96. The van der Waals surface area contributed by atoms with Crippen LogP contribution >= 0.6 is 11.8 Å². The van der Waals surface area contributed by atoms with Crippen LogP contribution in [0.5, 0.6) is 0 Å². The van der Waals surface area contributed by atoms with Crippen LogP contribution in [0.2, 0.25) is 0 Å². The molecule has 0 atom stereocenters. The average molecular weight is 430 g/mol. The molecule has 2 aromatic rings. The molecule has 0 bridgehead atoms. The lowest BCUT2D eigenvalue weighted by atomic mass is 10.2. The van der Waals surface area contributed by atoms with E-state index in [-0.39, 0.29) is 11.8 Å². The number of carbonyl (C=O) groups excluding carboxylic acids is 2. The van der Waals surface area contributed by atoms with Crippen molar-refractivity contribution in [3.8, 4) is 0 Å². The molecule has 160 valence electrons. The molecule has 2 saturated heterocycles. The van der Waals surface area contributed by atoms with Crippen molar-refractivity contribution in [3.63, 3.8) is 0 Å². The van der Waals surface area contributed by atoms with Crippen molar-refractivity contribution in [1.82, 2.24) is 34.9 Å². The zero-order valence-electron chi connectivity index (χ0n) is 17.0. The summed E-state index contributed by atoms with van der Waals surface area (Å²) in [5.74, 6) is 0.606. The standard InChI is InChI=1S/C20H27N7O2S/c28-18(25-8-4-5-9-25)15-24-10-12-26(13-11-24)19(29)16-30-20-21-22-23-27(20)14-17-6-2-1-3-7-17/h1-3,6-7H,4-5,8-16H2. The van der Waals surface area contributed by atoms with Crippen molar-refractivity contribution < 1.29 is 9.59 Å². The lowest BCUT2D eigenvalue weighted by Crippen LogP contribution is -2.51. The van der Waals surface area contributed by atoms with Gasteiger partial charge in [-0.3, -0.25) is 14.5 Å². The van der Waals surface area contributed by atoms with Gasteiger partial charge in [0.2, 0.25) is 17.0 Å². The fourth-order valence-corrected chi connectivity index (χ4v) is 4.57. The second-order valence-electron chi connectivity index (χ2n) is 7.64. The number of hydrogen-bond donors (Lipinski definition) is 0. The monoisotopic (exact) mass is 429 g/mol. The van der Waals surface area contributed by atoms with E-state index in [1.165, 1.54) is 11.8 Å². The Labute approximate surface area is 180 Å². The molecule has 0 radical (unpaired) electrons. The minimum Gasteiger partial charge on any atom is -0.342 e. The molecule has 9 nitrogen and oxygen atoms in total. The number of rotatable bonds is 7. The van der Waals surface area contributed by atoms with E-state index >= 15 is 0 Å². The van der Waals surface area contributed by atoms with Gasteiger partial charge in [0, 0.05) is 39.3 Å². The number of carbonyl (C=O) groups is 2. The molecule has 1 aromatic heterocycles. The summed E-state index contributed by atoms with van der Waals surface area (Å²) in [6.45, 7) is 5.60. The SMILES string of the molecule is O=C(CSc1nnnn1Cc1ccccc1)N1CCN(CC(=O)N2CCCC2)CC1. The predicted molar refractivity (Wildman–Crippen MR) is 113 cm³/mol. The van der Waals surface area contributed by atoms with Crippen molar-refractivity contribution >= 4 is 23.6 Å². The van der Waals surface area contributed by atoms with Crippen molar-refractivity contribution in [1.29, 1.82) is 0 Å². The Balaban J connectivity index is 1.21. The maximum absolute atomic E-state index is 12.6. The van der Waals surface area contributed by atoms with Gasteiger partial charge in [-0.15, -0.1) is 5.10 Å². The topological polar surface area (TPSA) is 87.5 Å². The number of thioether (sulfide) groups is 1. The van der Waals surface area contributed by atoms with Crippen LogP contribution in [0.1, 0.15) is 18.4 Å². The summed E-state index contributed by atoms with van der Waals surface area (Å²) in [6.07, 6.45) is 2.22. The number of benzene rings is 1. The number of nitrogens with zero attached hydrogens (tertiary/aromatic N) is 7. The number of aromatic nitrogens is 4. The third-order valence-electron chi connectivity index (χ3n) is 5.54. The molecule has 1 aromatic carbocycles. The summed E-state index contributed by atoms with van der Waals surface area (Å²) in [5, 5.41) is 12.5. The first-order valence-electron chi connectivity index (χ1n) is 10.4. The largest absolute Gasteiger partial charge is 0.342 e. The van der Waals surface area contributed by atoms with Gasteiger partial charge in [-0.1, -0.05) is 42.1 Å². The predicted octanol–water partition coefficient (Wildman–Crippen LogP) is 0.580.